The number of nitrogens with one attached hydrogen (secondary N) is 1. The summed E-state index contributed by atoms with van der Waals surface area (Å²) in [4.78, 5) is 38.7. The number of aromatic nitrogens is 2. The molecule has 2 saturated heterocycles. The fourth-order valence-corrected chi connectivity index (χ4v) is 9.24. The Kier molecular flexibility index (Phi) is 8.11. The van der Waals surface area contributed by atoms with Crippen LogP contribution in [0.4, 0.5) is 0 Å². The fraction of sp³-hybridized carbons (Fsp3) is 0.500. The average molecular weight is 569 g/mol. The van der Waals surface area contributed by atoms with Gasteiger partial charge in [0.15, 0.2) is 0 Å². The predicted molar refractivity (Wildman–Crippen MR) is 157 cm³/mol. The van der Waals surface area contributed by atoms with Crippen LogP contribution in [0, 0.1) is 11.8 Å². The lowest BCUT2D eigenvalue weighted by Crippen LogP contribution is -2.54. The van der Waals surface area contributed by atoms with Gasteiger partial charge in [0.1, 0.15) is 16.6 Å². The van der Waals surface area contributed by atoms with Crippen LogP contribution in [0.3, 0.4) is 0 Å². The van der Waals surface area contributed by atoms with Crippen molar-refractivity contribution in [2.45, 2.75) is 58.0 Å². The largest absolute Gasteiger partial charge is 0.344 e. The average Bonchev–Trinajstić information content (AvgIpc) is 3.58. The van der Waals surface area contributed by atoms with Crippen molar-refractivity contribution in [2.75, 3.05) is 18.1 Å². The third-order valence-electron chi connectivity index (χ3n) is 8.01. The first kappa shape index (κ1) is 27.1. The van der Waals surface area contributed by atoms with Gasteiger partial charge in [-0.25, -0.2) is 4.98 Å². The maximum Gasteiger partial charge on any atom is 0.246 e. The fourth-order valence-electron chi connectivity index (χ4n) is 5.46. The summed E-state index contributed by atoms with van der Waals surface area (Å²) >= 11 is 1.62. The zero-order valence-corrected chi connectivity index (χ0v) is 25.1. The topological polar surface area (TPSA) is 92.3 Å². The zero-order chi connectivity index (χ0) is 26.9. The van der Waals surface area contributed by atoms with Crippen LogP contribution in [0.25, 0.3) is 21.5 Å². The summed E-state index contributed by atoms with van der Waals surface area (Å²) in [7, 11) is -0.207. The second kappa shape index (κ2) is 11.4. The Bertz CT molecular complexity index is 1410. The van der Waals surface area contributed by atoms with Gasteiger partial charge in [-0.05, 0) is 44.1 Å². The zero-order valence-electron chi connectivity index (χ0n) is 22.1. The Hall–Kier alpha value is -2.43. The minimum absolute atomic E-state index is 0.000307. The van der Waals surface area contributed by atoms with Crippen molar-refractivity contribution < 1.29 is 13.8 Å². The molecule has 2 amide bonds. The lowest BCUT2D eigenvalue weighted by molar-refractivity contribution is -0.139. The first-order valence-corrected chi connectivity index (χ1v) is 18.1. The summed E-state index contributed by atoms with van der Waals surface area (Å²) in [5, 5.41) is 4.04. The molecule has 2 aromatic heterocycles. The molecule has 0 radical (unpaired) electrons. The molecule has 1 aromatic carbocycles. The van der Waals surface area contributed by atoms with Crippen LogP contribution in [0.5, 0.6) is 0 Å². The van der Waals surface area contributed by atoms with Crippen molar-refractivity contribution in [2.24, 2.45) is 11.8 Å². The molecule has 2 aliphatic rings. The second-order valence-corrected chi connectivity index (χ2v) is 17.6. The maximum absolute atomic E-state index is 14.1. The minimum Gasteiger partial charge on any atom is -0.344 e. The van der Waals surface area contributed by atoms with Gasteiger partial charge in [0.2, 0.25) is 11.8 Å². The van der Waals surface area contributed by atoms with E-state index in [4.69, 9.17) is 4.98 Å². The summed E-state index contributed by atoms with van der Waals surface area (Å²) in [6.07, 6.45) is 5.69. The number of pyridine rings is 1. The van der Waals surface area contributed by atoms with Crippen LogP contribution in [-0.4, -0.2) is 63.9 Å². The molecule has 0 unspecified atom stereocenters. The van der Waals surface area contributed by atoms with Crippen LogP contribution in [0.15, 0.2) is 42.6 Å². The van der Waals surface area contributed by atoms with E-state index in [-0.39, 0.29) is 29.7 Å². The summed E-state index contributed by atoms with van der Waals surface area (Å²) in [6, 6.07) is 11.3. The van der Waals surface area contributed by atoms with E-state index in [9.17, 15) is 13.8 Å². The van der Waals surface area contributed by atoms with Crippen LogP contribution >= 0.6 is 11.3 Å². The maximum atomic E-state index is 14.1. The molecule has 3 atom stereocenters. The molecule has 4 heterocycles. The lowest BCUT2D eigenvalue weighted by Gasteiger charge is -2.35. The molecule has 2 fully saturated rings. The normalized spacial score (nSPS) is 25.3. The van der Waals surface area contributed by atoms with E-state index in [2.05, 4.69) is 10.3 Å². The van der Waals surface area contributed by atoms with Gasteiger partial charge in [-0.2, -0.15) is 0 Å². The Morgan fingerprint density at radius 1 is 1.18 bits per heavy atom. The minimum atomic E-state index is -1.81. The van der Waals surface area contributed by atoms with E-state index in [0.29, 0.717) is 30.9 Å². The summed E-state index contributed by atoms with van der Waals surface area (Å²) in [5.74, 6) is 0.978. The quantitative estimate of drug-likeness (QED) is 0.438. The van der Waals surface area contributed by atoms with Crippen molar-refractivity contribution in [3.63, 3.8) is 0 Å². The van der Waals surface area contributed by atoms with Gasteiger partial charge in [-0.3, -0.25) is 18.8 Å². The highest BCUT2D eigenvalue weighted by atomic mass is 32.3. The number of carbonyl (C=O) groups is 2. The van der Waals surface area contributed by atoms with E-state index >= 15 is 0 Å². The molecule has 2 aliphatic heterocycles. The Morgan fingerprint density at radius 2 is 1.92 bits per heavy atom. The van der Waals surface area contributed by atoms with Crippen molar-refractivity contribution in [3.8, 4) is 11.3 Å². The molecule has 0 saturated carbocycles. The van der Waals surface area contributed by atoms with E-state index < -0.39 is 15.0 Å². The van der Waals surface area contributed by atoms with E-state index in [1.807, 2.05) is 61.3 Å². The summed E-state index contributed by atoms with van der Waals surface area (Å²) in [5.41, 5.74) is 2.74. The van der Waals surface area contributed by atoms with Gasteiger partial charge >= 0.3 is 0 Å². The van der Waals surface area contributed by atoms with Crippen LogP contribution < -0.4 is 5.32 Å². The predicted octanol–water partition coefficient (Wildman–Crippen LogP) is 3.80. The van der Waals surface area contributed by atoms with Crippen LogP contribution in [0.2, 0.25) is 0 Å². The first-order valence-electron chi connectivity index (χ1n) is 13.5. The molecule has 0 spiro atoms. The third-order valence-corrected chi connectivity index (χ3v) is 12.8. The van der Waals surface area contributed by atoms with Gasteiger partial charge < -0.3 is 10.2 Å². The van der Waals surface area contributed by atoms with E-state index in [1.165, 1.54) is 0 Å². The summed E-state index contributed by atoms with van der Waals surface area (Å²) < 4.78 is 13.7. The third kappa shape index (κ3) is 5.62. The molecular weight excluding hydrogens is 533 g/mol. The Labute approximate surface area is 231 Å². The Balaban J connectivity index is 1.44. The smallest absolute Gasteiger partial charge is 0.246 e. The molecule has 0 bridgehead atoms. The number of likely N-dealkylation sites (tertiary alicyclic amines) is 1. The monoisotopic (exact) mass is 568 g/mol. The van der Waals surface area contributed by atoms with Gasteiger partial charge in [-0.15, -0.1) is 11.3 Å². The molecular formula is C28H36N4O3S2Si. The van der Waals surface area contributed by atoms with Gasteiger partial charge in [0, 0.05) is 44.7 Å². The molecule has 202 valence electrons. The molecule has 1 N–H and O–H groups in total. The molecule has 38 heavy (non-hydrogen) atoms. The number of carbonyl (C=O) groups excluding carboxylic acids is 2. The van der Waals surface area contributed by atoms with Crippen molar-refractivity contribution >= 4 is 51.2 Å². The number of amides is 2. The molecule has 7 nitrogen and oxygen atoms in total. The molecule has 5 rings (SSSR count). The second-order valence-electron chi connectivity index (χ2n) is 10.6. The molecule has 0 aliphatic carbocycles. The van der Waals surface area contributed by atoms with E-state index in [1.54, 1.807) is 20.3 Å². The Morgan fingerprint density at radius 3 is 2.63 bits per heavy atom. The number of thiazole rings is 1. The van der Waals surface area contributed by atoms with Gasteiger partial charge in [0.05, 0.1) is 16.4 Å². The highest BCUT2D eigenvalue weighted by Gasteiger charge is 2.41. The van der Waals surface area contributed by atoms with Crippen molar-refractivity contribution in [3.05, 3.63) is 47.6 Å². The number of fused-ring (bicyclic) bond motifs is 1. The highest BCUT2D eigenvalue weighted by molar-refractivity contribution is 8.05. The van der Waals surface area contributed by atoms with Crippen LogP contribution in [-0.2, 0) is 18.5 Å². The van der Waals surface area contributed by atoms with Crippen molar-refractivity contribution in [1.29, 1.82) is 0 Å². The highest BCUT2D eigenvalue weighted by Crippen LogP contribution is 2.39. The number of hydrogen-bond donors (Lipinski definition) is 1. The van der Waals surface area contributed by atoms with Gasteiger partial charge in [0.25, 0.3) is 0 Å². The number of rotatable bonds is 7. The van der Waals surface area contributed by atoms with Crippen molar-refractivity contribution in [1.82, 2.24) is 20.2 Å². The number of nitrogens with zero attached hydrogens (tertiary/aromatic N) is 3. The van der Waals surface area contributed by atoms with Gasteiger partial charge in [-0.1, -0.05) is 53.1 Å². The first-order chi connectivity index (χ1) is 18.3. The standard InChI is InChI=1S/C28H36N4O3S2Si/c1-3-18(2)26(33)30-24(20-12-16-37(35,38)17-13-20)28(34)32-15-7-10-21(32)27-31-25-22(36-27)11-14-29-23(25)19-8-5-4-6-9-19/h4-6,8-9,11,14,18,20-21,24H,3,7,10,12-13,15-17,38H2,1-2H3,(H,30,33)/t18-,20?,21+,24+,37?/m1/s1. The SMILES string of the molecule is CC[C@@H](C)C(=O)N[C@H](C(=O)N1CCC[C@H]1c1nc2c(-c3ccccc3)nccc2s1)C1CCS(=O)(=[SiH2])CC1. The lowest BCUT2D eigenvalue weighted by atomic mass is 9.91. The molecule has 10 heteroatoms. The number of benzene rings is 1. The molecule has 3 aromatic rings. The number of hydrogen-bond acceptors (Lipinski definition) is 6. The van der Waals surface area contributed by atoms with Crippen LogP contribution in [0.1, 0.15) is 57.0 Å². The van der Waals surface area contributed by atoms with E-state index in [0.717, 1.165) is 45.7 Å². The summed E-state index contributed by atoms with van der Waals surface area (Å²) in [6.45, 7) is 4.53.